The molecule has 2 heterocycles. The Morgan fingerprint density at radius 1 is 0.909 bits per heavy atom. The number of aliphatic hydroxyl groups is 1. The van der Waals surface area contributed by atoms with Crippen molar-refractivity contribution < 1.29 is 24.2 Å². The molecular formula is C33H24ClN3O5S2. The number of Topliss-reactive ketones (excluding diaryl/α,β-unsaturated/α-hetero) is 1. The Balaban J connectivity index is 1.40. The van der Waals surface area contributed by atoms with Gasteiger partial charge in [-0.1, -0.05) is 83.2 Å². The van der Waals surface area contributed by atoms with Crippen LogP contribution in [0.5, 0.6) is 17.2 Å². The van der Waals surface area contributed by atoms with Gasteiger partial charge in [0.25, 0.3) is 5.78 Å². The van der Waals surface area contributed by atoms with Crippen LogP contribution in [0.1, 0.15) is 22.7 Å². The van der Waals surface area contributed by atoms with Crippen LogP contribution in [0.4, 0.5) is 5.13 Å². The van der Waals surface area contributed by atoms with E-state index in [1.807, 2.05) is 54.6 Å². The van der Waals surface area contributed by atoms with Crippen molar-refractivity contribution in [2.75, 3.05) is 12.0 Å². The van der Waals surface area contributed by atoms with Gasteiger partial charge < -0.3 is 14.6 Å². The third kappa shape index (κ3) is 6.05. The Kier molecular flexibility index (Phi) is 8.65. The monoisotopic (exact) mass is 641 g/mol. The summed E-state index contributed by atoms with van der Waals surface area (Å²) in [6.07, 6.45) is 0. The maximum absolute atomic E-state index is 13.6. The normalized spacial score (nSPS) is 15.9. The van der Waals surface area contributed by atoms with Gasteiger partial charge in [-0.05, 0) is 65.7 Å². The summed E-state index contributed by atoms with van der Waals surface area (Å²) in [5.41, 5.74) is 1.77. The zero-order valence-corrected chi connectivity index (χ0v) is 25.6. The lowest BCUT2D eigenvalue weighted by Crippen LogP contribution is -2.29. The number of hydrogen-bond donors (Lipinski definition) is 1. The van der Waals surface area contributed by atoms with Gasteiger partial charge in [0, 0.05) is 16.3 Å². The lowest BCUT2D eigenvalue weighted by molar-refractivity contribution is -0.132. The summed E-state index contributed by atoms with van der Waals surface area (Å²) in [6.45, 7) is 0. The third-order valence-electron chi connectivity index (χ3n) is 6.87. The average Bonchev–Trinajstić information content (AvgIpc) is 3.62. The Labute approximate surface area is 266 Å². The quantitative estimate of drug-likeness (QED) is 0.0570. The number of ether oxygens (including phenoxy) is 2. The second-order valence-corrected chi connectivity index (χ2v) is 12.2. The van der Waals surface area contributed by atoms with E-state index in [2.05, 4.69) is 10.2 Å². The van der Waals surface area contributed by atoms with Gasteiger partial charge in [0.1, 0.15) is 23.0 Å². The van der Waals surface area contributed by atoms with Crippen molar-refractivity contribution in [1.82, 2.24) is 10.2 Å². The summed E-state index contributed by atoms with van der Waals surface area (Å²) in [5.74, 6) is 0.285. The molecular weight excluding hydrogens is 618 g/mol. The number of benzene rings is 4. The fraction of sp³-hybridized carbons (Fsp3) is 0.0909. The Bertz CT molecular complexity index is 1860. The van der Waals surface area contributed by atoms with E-state index in [9.17, 15) is 14.7 Å². The smallest absolute Gasteiger partial charge is 0.301 e. The summed E-state index contributed by atoms with van der Waals surface area (Å²) in [7, 11) is 1.54. The first-order valence-electron chi connectivity index (χ1n) is 13.4. The lowest BCUT2D eigenvalue weighted by atomic mass is 9.95. The van der Waals surface area contributed by atoms with E-state index in [4.69, 9.17) is 21.1 Å². The molecule has 1 N–H and O–H groups in total. The lowest BCUT2D eigenvalue weighted by Gasteiger charge is -2.23. The van der Waals surface area contributed by atoms with Crippen LogP contribution in [0.2, 0.25) is 5.02 Å². The minimum absolute atomic E-state index is 0.0718. The van der Waals surface area contributed by atoms with E-state index < -0.39 is 17.7 Å². The summed E-state index contributed by atoms with van der Waals surface area (Å²) >= 11 is 8.92. The van der Waals surface area contributed by atoms with Crippen molar-refractivity contribution in [3.8, 4) is 17.2 Å². The van der Waals surface area contributed by atoms with Gasteiger partial charge in [-0.15, -0.1) is 10.2 Å². The molecule has 0 radical (unpaired) electrons. The van der Waals surface area contributed by atoms with E-state index in [0.717, 1.165) is 5.56 Å². The van der Waals surface area contributed by atoms with Gasteiger partial charge in [-0.25, -0.2) is 0 Å². The first-order chi connectivity index (χ1) is 21.4. The highest BCUT2D eigenvalue weighted by Crippen LogP contribution is 2.45. The number of halogens is 1. The maximum Gasteiger partial charge on any atom is 0.301 e. The molecule has 8 nitrogen and oxygen atoms in total. The molecule has 1 unspecified atom stereocenters. The topological polar surface area (TPSA) is 102 Å². The molecule has 1 saturated heterocycles. The molecule has 4 aromatic carbocycles. The van der Waals surface area contributed by atoms with Crippen LogP contribution in [0.25, 0.3) is 5.76 Å². The van der Waals surface area contributed by atoms with Crippen LogP contribution in [0, 0.1) is 0 Å². The number of methoxy groups -OCH3 is 1. The Morgan fingerprint density at radius 2 is 1.64 bits per heavy atom. The fourth-order valence-electron chi connectivity index (χ4n) is 4.74. The van der Waals surface area contributed by atoms with Crippen molar-refractivity contribution in [2.45, 2.75) is 16.1 Å². The number of rotatable bonds is 9. The van der Waals surface area contributed by atoms with E-state index in [1.165, 1.54) is 35.1 Å². The van der Waals surface area contributed by atoms with E-state index in [1.54, 1.807) is 48.5 Å². The number of nitrogens with zero attached hydrogens (tertiary/aromatic N) is 3. The van der Waals surface area contributed by atoms with E-state index in [0.29, 0.717) is 43.5 Å². The highest BCUT2D eigenvalue weighted by molar-refractivity contribution is 8.00. The molecule has 6 rings (SSSR count). The van der Waals surface area contributed by atoms with Gasteiger partial charge >= 0.3 is 5.91 Å². The molecule has 0 bridgehead atoms. The number of carbonyl (C=O) groups excluding carboxylic acids is 2. The molecule has 0 aliphatic carbocycles. The van der Waals surface area contributed by atoms with Crippen molar-refractivity contribution in [1.29, 1.82) is 0 Å². The van der Waals surface area contributed by atoms with Gasteiger partial charge in [0.15, 0.2) is 4.34 Å². The number of thioether (sulfide) groups is 1. The SMILES string of the molecule is COc1ccc(/C(O)=C2/C(=O)C(=O)N(c3nnc(SCc4ccccc4Cl)s3)C2c2cccc(Oc3ccccc3)c2)cc1. The maximum atomic E-state index is 13.6. The van der Waals surface area contributed by atoms with Gasteiger partial charge in [-0.3, -0.25) is 14.5 Å². The number of hydrogen-bond acceptors (Lipinski definition) is 9. The minimum atomic E-state index is -0.995. The van der Waals surface area contributed by atoms with Crippen LogP contribution < -0.4 is 14.4 Å². The summed E-state index contributed by atoms with van der Waals surface area (Å²) in [5, 5.41) is 20.9. The largest absolute Gasteiger partial charge is 0.507 e. The van der Waals surface area contributed by atoms with Crippen molar-refractivity contribution in [3.63, 3.8) is 0 Å². The number of anilines is 1. The summed E-state index contributed by atoms with van der Waals surface area (Å²) < 4.78 is 11.9. The zero-order chi connectivity index (χ0) is 30.6. The van der Waals surface area contributed by atoms with Crippen LogP contribution in [0.3, 0.4) is 0 Å². The highest BCUT2D eigenvalue weighted by Gasteiger charge is 2.48. The second-order valence-electron chi connectivity index (χ2n) is 9.62. The molecule has 0 saturated carbocycles. The first kappa shape index (κ1) is 29.4. The molecule has 0 spiro atoms. The van der Waals surface area contributed by atoms with Crippen LogP contribution in [-0.4, -0.2) is 34.1 Å². The zero-order valence-electron chi connectivity index (χ0n) is 23.2. The van der Waals surface area contributed by atoms with Crippen molar-refractivity contribution >= 4 is 57.3 Å². The molecule has 44 heavy (non-hydrogen) atoms. The molecule has 5 aromatic rings. The molecule has 1 aliphatic rings. The molecule has 1 aliphatic heterocycles. The molecule has 1 amide bonds. The van der Waals surface area contributed by atoms with E-state index >= 15 is 0 Å². The third-order valence-corrected chi connectivity index (χ3v) is 9.34. The number of aliphatic hydroxyl groups excluding tert-OH is 1. The van der Waals surface area contributed by atoms with Crippen LogP contribution in [-0.2, 0) is 15.3 Å². The summed E-state index contributed by atoms with van der Waals surface area (Å²) in [4.78, 5) is 28.5. The van der Waals surface area contributed by atoms with Crippen LogP contribution >= 0.6 is 34.7 Å². The number of para-hydroxylation sites is 1. The van der Waals surface area contributed by atoms with E-state index in [-0.39, 0.29) is 16.5 Å². The van der Waals surface area contributed by atoms with Gasteiger partial charge in [-0.2, -0.15) is 0 Å². The molecule has 1 atom stereocenters. The average molecular weight is 642 g/mol. The van der Waals surface area contributed by atoms with Gasteiger partial charge in [0.2, 0.25) is 5.13 Å². The number of carbonyl (C=O) groups is 2. The summed E-state index contributed by atoms with van der Waals surface area (Å²) in [6, 6.07) is 29.4. The van der Waals surface area contributed by atoms with Crippen molar-refractivity contribution in [3.05, 3.63) is 130 Å². The number of ketones is 1. The first-order valence-corrected chi connectivity index (χ1v) is 15.6. The van der Waals surface area contributed by atoms with Crippen molar-refractivity contribution in [2.24, 2.45) is 0 Å². The predicted octanol–water partition coefficient (Wildman–Crippen LogP) is 7.91. The number of amides is 1. The minimum Gasteiger partial charge on any atom is -0.507 e. The fourth-order valence-corrected chi connectivity index (χ4v) is 6.89. The molecule has 1 fully saturated rings. The molecule has 11 heteroatoms. The number of aromatic nitrogens is 2. The second kappa shape index (κ2) is 12.9. The van der Waals surface area contributed by atoms with Gasteiger partial charge in [0.05, 0.1) is 18.7 Å². The standard InChI is InChI=1S/C33H24ClN3O5S2/c1-41-23-16-14-20(15-17-23)29(38)27-28(21-9-7-12-25(18-21)42-24-10-3-2-4-11-24)37(31(40)30(27)39)32-35-36-33(44-32)43-19-22-8-5-6-13-26(22)34/h2-18,28,38H,19H2,1H3/b29-27-. The van der Waals surface area contributed by atoms with Crippen LogP contribution in [0.15, 0.2) is 113 Å². The highest BCUT2D eigenvalue weighted by atomic mass is 35.5. The Hall–Kier alpha value is -4.64. The molecule has 220 valence electrons. The Morgan fingerprint density at radius 3 is 2.39 bits per heavy atom. The molecule has 1 aromatic heterocycles. The predicted molar refractivity (Wildman–Crippen MR) is 172 cm³/mol.